The largest absolute Gasteiger partial charge is 0.491 e. The fourth-order valence-electron chi connectivity index (χ4n) is 1.90. The van der Waals surface area contributed by atoms with Crippen LogP contribution in [0.3, 0.4) is 0 Å². The molecule has 0 amide bonds. The molecule has 5 heteroatoms. The molecule has 2 unspecified atom stereocenters. The van der Waals surface area contributed by atoms with E-state index in [4.69, 9.17) is 15.6 Å². The monoisotopic (exact) mass is 283 g/mol. The van der Waals surface area contributed by atoms with Crippen LogP contribution in [0, 0.1) is 17.7 Å². The van der Waals surface area contributed by atoms with Crippen molar-refractivity contribution in [1.29, 1.82) is 0 Å². The average Bonchev–Trinajstić information content (AvgIpc) is 2.41. The summed E-state index contributed by atoms with van der Waals surface area (Å²) in [4.78, 5) is 10.8. The van der Waals surface area contributed by atoms with Gasteiger partial charge in [0.25, 0.3) is 0 Å². The predicted octanol–water partition coefficient (Wildman–Crippen LogP) is 2.67. The molecule has 3 N–H and O–H groups in total. The highest BCUT2D eigenvalue weighted by atomic mass is 19.1. The zero-order chi connectivity index (χ0) is 15.0. The molecule has 0 aliphatic rings. The Morgan fingerprint density at radius 3 is 2.65 bits per heavy atom. The maximum absolute atomic E-state index is 13.3. The Bertz CT molecular complexity index is 425. The van der Waals surface area contributed by atoms with E-state index < -0.39 is 11.9 Å². The van der Waals surface area contributed by atoms with Crippen molar-refractivity contribution in [2.75, 3.05) is 13.2 Å². The van der Waals surface area contributed by atoms with Crippen molar-refractivity contribution >= 4 is 5.97 Å². The van der Waals surface area contributed by atoms with E-state index in [9.17, 15) is 9.18 Å². The van der Waals surface area contributed by atoms with E-state index in [1.165, 1.54) is 6.07 Å². The molecule has 0 saturated carbocycles. The van der Waals surface area contributed by atoms with Crippen molar-refractivity contribution in [3.63, 3.8) is 0 Å². The molecule has 0 spiro atoms. The number of hydrogen-bond acceptors (Lipinski definition) is 3. The van der Waals surface area contributed by atoms with Gasteiger partial charge in [0.1, 0.15) is 0 Å². The lowest BCUT2D eigenvalue weighted by atomic mass is 9.95. The van der Waals surface area contributed by atoms with Crippen LogP contribution in [-0.2, 0) is 4.79 Å². The fraction of sp³-hybridized carbons (Fsp3) is 0.533. The molecule has 0 radical (unpaired) electrons. The molecule has 0 aliphatic heterocycles. The normalized spacial score (nSPS) is 13.8. The Hall–Kier alpha value is -1.62. The second kappa shape index (κ2) is 8.53. The molecule has 1 aromatic carbocycles. The van der Waals surface area contributed by atoms with Gasteiger partial charge in [-0.2, -0.15) is 0 Å². The molecule has 1 rings (SSSR count). The van der Waals surface area contributed by atoms with E-state index >= 15 is 0 Å². The van der Waals surface area contributed by atoms with Gasteiger partial charge in [-0.05, 0) is 37.3 Å². The summed E-state index contributed by atoms with van der Waals surface area (Å²) in [7, 11) is 0. The van der Waals surface area contributed by atoms with Gasteiger partial charge in [0.05, 0.1) is 12.5 Å². The first-order chi connectivity index (χ1) is 9.54. The Kier molecular flexibility index (Phi) is 7.01. The highest BCUT2D eigenvalue weighted by Gasteiger charge is 2.16. The maximum atomic E-state index is 13.3. The Balaban J connectivity index is 2.25. The third-order valence-electron chi connectivity index (χ3n) is 3.35. The first kappa shape index (κ1) is 16.4. The summed E-state index contributed by atoms with van der Waals surface area (Å²) in [5.74, 6) is -1.12. The van der Waals surface area contributed by atoms with Crippen LogP contribution in [0.1, 0.15) is 26.2 Å². The Morgan fingerprint density at radius 1 is 1.35 bits per heavy atom. The lowest BCUT2D eigenvalue weighted by Crippen LogP contribution is -2.23. The van der Waals surface area contributed by atoms with Crippen molar-refractivity contribution < 1.29 is 19.0 Å². The third kappa shape index (κ3) is 5.57. The summed E-state index contributed by atoms with van der Waals surface area (Å²) in [6.45, 7) is 2.61. The van der Waals surface area contributed by atoms with Crippen LogP contribution in [0.2, 0.25) is 0 Å². The van der Waals surface area contributed by atoms with Crippen LogP contribution < -0.4 is 10.5 Å². The summed E-state index contributed by atoms with van der Waals surface area (Å²) in [5.41, 5.74) is 5.41. The van der Waals surface area contributed by atoms with Crippen molar-refractivity contribution in [2.24, 2.45) is 17.6 Å². The highest BCUT2D eigenvalue weighted by Crippen LogP contribution is 2.18. The summed E-state index contributed by atoms with van der Waals surface area (Å²) in [6.07, 6.45) is 2.09. The molecule has 2 atom stereocenters. The molecule has 0 heterocycles. The van der Waals surface area contributed by atoms with Crippen LogP contribution in [0.4, 0.5) is 4.39 Å². The van der Waals surface area contributed by atoms with Crippen LogP contribution in [0.25, 0.3) is 0 Å². The van der Waals surface area contributed by atoms with Crippen LogP contribution in [-0.4, -0.2) is 24.2 Å². The minimum Gasteiger partial charge on any atom is -0.491 e. The summed E-state index contributed by atoms with van der Waals surface area (Å²) >= 11 is 0. The van der Waals surface area contributed by atoms with E-state index in [1.807, 2.05) is 6.92 Å². The van der Waals surface area contributed by atoms with Gasteiger partial charge in [-0.15, -0.1) is 0 Å². The SMILES string of the molecule is CC(CCOc1ccccc1F)CCC(CN)C(=O)O. The molecular weight excluding hydrogens is 261 g/mol. The van der Waals surface area contributed by atoms with Crippen molar-refractivity contribution in [2.45, 2.75) is 26.2 Å². The second-order valence-electron chi connectivity index (χ2n) is 5.02. The van der Waals surface area contributed by atoms with E-state index in [1.54, 1.807) is 18.2 Å². The van der Waals surface area contributed by atoms with Gasteiger partial charge in [-0.1, -0.05) is 19.1 Å². The maximum Gasteiger partial charge on any atom is 0.307 e. The number of hydrogen-bond donors (Lipinski definition) is 2. The highest BCUT2D eigenvalue weighted by molar-refractivity contribution is 5.70. The lowest BCUT2D eigenvalue weighted by Gasteiger charge is -2.15. The van der Waals surface area contributed by atoms with Crippen LogP contribution in [0.15, 0.2) is 24.3 Å². The number of rotatable bonds is 9. The van der Waals surface area contributed by atoms with E-state index in [0.717, 1.165) is 12.8 Å². The molecule has 4 nitrogen and oxygen atoms in total. The number of halogens is 1. The van der Waals surface area contributed by atoms with Gasteiger partial charge >= 0.3 is 5.97 Å². The molecule has 0 fully saturated rings. The number of carboxylic acid groups (broad SMARTS) is 1. The van der Waals surface area contributed by atoms with Crippen molar-refractivity contribution in [3.8, 4) is 5.75 Å². The summed E-state index contributed by atoms with van der Waals surface area (Å²) < 4.78 is 18.7. The van der Waals surface area contributed by atoms with Crippen LogP contribution in [0.5, 0.6) is 5.75 Å². The molecule has 0 bridgehead atoms. The fourth-order valence-corrected chi connectivity index (χ4v) is 1.90. The molecule has 0 aliphatic carbocycles. The molecule has 20 heavy (non-hydrogen) atoms. The predicted molar refractivity (Wildman–Crippen MR) is 75.1 cm³/mol. The molecule has 0 saturated heterocycles. The molecule has 112 valence electrons. The number of nitrogens with two attached hydrogens (primary N) is 1. The number of ether oxygens (including phenoxy) is 1. The first-order valence-electron chi connectivity index (χ1n) is 6.84. The Morgan fingerprint density at radius 2 is 2.05 bits per heavy atom. The van der Waals surface area contributed by atoms with Gasteiger partial charge in [-0.25, -0.2) is 4.39 Å². The van der Waals surface area contributed by atoms with Crippen molar-refractivity contribution in [3.05, 3.63) is 30.1 Å². The van der Waals surface area contributed by atoms with Gasteiger partial charge < -0.3 is 15.6 Å². The molecule has 0 aromatic heterocycles. The van der Waals surface area contributed by atoms with E-state index in [2.05, 4.69) is 0 Å². The summed E-state index contributed by atoms with van der Waals surface area (Å²) in [5, 5.41) is 8.90. The zero-order valence-electron chi connectivity index (χ0n) is 11.7. The Labute approximate surface area is 118 Å². The van der Waals surface area contributed by atoms with Crippen LogP contribution >= 0.6 is 0 Å². The minimum absolute atomic E-state index is 0.160. The zero-order valence-corrected chi connectivity index (χ0v) is 11.7. The van der Waals surface area contributed by atoms with Gasteiger partial charge in [0.2, 0.25) is 0 Å². The molecule has 1 aromatic rings. The van der Waals surface area contributed by atoms with E-state index in [-0.39, 0.29) is 18.1 Å². The summed E-state index contributed by atoms with van der Waals surface area (Å²) in [6, 6.07) is 6.29. The smallest absolute Gasteiger partial charge is 0.307 e. The van der Waals surface area contributed by atoms with Gasteiger partial charge in [0.15, 0.2) is 11.6 Å². The standard InChI is InChI=1S/C15H22FNO3/c1-11(6-7-12(10-17)15(18)19)8-9-20-14-5-3-2-4-13(14)16/h2-5,11-12H,6-10,17H2,1H3,(H,18,19). The lowest BCUT2D eigenvalue weighted by molar-refractivity contribution is -0.141. The molecular formula is C15H22FNO3. The topological polar surface area (TPSA) is 72.5 Å². The quantitative estimate of drug-likeness (QED) is 0.731. The number of benzene rings is 1. The second-order valence-corrected chi connectivity index (χ2v) is 5.02. The number of aliphatic carboxylic acids is 1. The first-order valence-corrected chi connectivity index (χ1v) is 6.84. The minimum atomic E-state index is -0.845. The van der Waals surface area contributed by atoms with Gasteiger partial charge in [-0.3, -0.25) is 4.79 Å². The van der Waals surface area contributed by atoms with Gasteiger partial charge in [0, 0.05) is 6.54 Å². The third-order valence-corrected chi connectivity index (χ3v) is 3.35. The van der Waals surface area contributed by atoms with Crippen molar-refractivity contribution in [1.82, 2.24) is 0 Å². The average molecular weight is 283 g/mol. The number of carbonyl (C=O) groups is 1. The number of para-hydroxylation sites is 1. The van der Waals surface area contributed by atoms with E-state index in [0.29, 0.717) is 18.9 Å². The number of carboxylic acids is 1.